The van der Waals surface area contributed by atoms with Crippen LogP contribution in [0.15, 0.2) is 42.7 Å². The van der Waals surface area contributed by atoms with Gasteiger partial charge in [-0.15, -0.1) is 0 Å². The number of aromatic nitrogens is 1. The maximum atomic E-state index is 13.4. The van der Waals surface area contributed by atoms with E-state index < -0.39 is 0 Å². The van der Waals surface area contributed by atoms with Gasteiger partial charge < -0.3 is 9.64 Å². The molecule has 8 nitrogen and oxygen atoms in total. The third kappa shape index (κ3) is 5.00. The summed E-state index contributed by atoms with van der Waals surface area (Å²) in [6, 6.07) is 8.22. The van der Waals surface area contributed by atoms with Crippen molar-refractivity contribution in [1.29, 1.82) is 0 Å². The second-order valence-corrected chi connectivity index (χ2v) is 8.68. The summed E-state index contributed by atoms with van der Waals surface area (Å²) < 4.78 is 5.01. The van der Waals surface area contributed by atoms with Crippen molar-refractivity contribution in [1.82, 2.24) is 14.8 Å². The minimum Gasteiger partial charge on any atom is -0.466 e. The standard InChI is InChI=1S/C26H29N3O5/c1-2-34-23(30)12-14-28(17-18-7-6-13-27-16-18)24(31)19-10-11-21-22(15-19)26(33)29(25(21)32)20-8-4-3-5-9-20/h6-7,10-11,13,15-16,20H,2-5,8-9,12,14,17H2,1H3. The molecule has 0 saturated heterocycles. The number of carbonyl (C=O) groups excluding carboxylic acids is 4. The van der Waals surface area contributed by atoms with Gasteiger partial charge in [0.25, 0.3) is 17.7 Å². The number of amides is 3. The maximum absolute atomic E-state index is 13.4. The minimum atomic E-state index is -0.385. The van der Waals surface area contributed by atoms with E-state index in [2.05, 4.69) is 4.98 Å². The van der Waals surface area contributed by atoms with Gasteiger partial charge in [0.15, 0.2) is 0 Å². The Bertz CT molecular complexity index is 1080. The topological polar surface area (TPSA) is 96.9 Å². The molecule has 178 valence electrons. The van der Waals surface area contributed by atoms with Gasteiger partial charge in [-0.1, -0.05) is 25.3 Å². The molecule has 0 radical (unpaired) electrons. The molecule has 2 aromatic rings. The number of pyridine rings is 1. The van der Waals surface area contributed by atoms with E-state index in [1.54, 1.807) is 37.5 Å². The van der Waals surface area contributed by atoms with Crippen molar-refractivity contribution in [3.8, 4) is 0 Å². The number of rotatable bonds is 8. The van der Waals surface area contributed by atoms with Gasteiger partial charge in [0, 0.05) is 37.1 Å². The van der Waals surface area contributed by atoms with Crippen molar-refractivity contribution in [2.45, 2.75) is 58.0 Å². The van der Waals surface area contributed by atoms with Gasteiger partial charge in [0.05, 0.1) is 24.2 Å². The SMILES string of the molecule is CCOC(=O)CCN(Cc1cccnc1)C(=O)c1ccc2c(c1)C(=O)N(C1CCCCC1)C2=O. The Labute approximate surface area is 198 Å². The predicted octanol–water partition coefficient (Wildman–Crippen LogP) is 3.61. The Morgan fingerprint density at radius 1 is 1.09 bits per heavy atom. The second kappa shape index (κ2) is 10.6. The lowest BCUT2D eigenvalue weighted by atomic mass is 9.94. The monoisotopic (exact) mass is 463 g/mol. The van der Waals surface area contributed by atoms with Crippen molar-refractivity contribution < 1.29 is 23.9 Å². The van der Waals surface area contributed by atoms with Gasteiger partial charge in [0.2, 0.25) is 0 Å². The number of hydrogen-bond acceptors (Lipinski definition) is 6. The van der Waals surface area contributed by atoms with Gasteiger partial charge in [-0.3, -0.25) is 29.1 Å². The molecule has 0 unspecified atom stereocenters. The second-order valence-electron chi connectivity index (χ2n) is 8.68. The molecule has 3 amide bonds. The molecule has 0 N–H and O–H groups in total. The van der Waals surface area contributed by atoms with E-state index in [0.29, 0.717) is 11.1 Å². The lowest BCUT2D eigenvalue weighted by molar-refractivity contribution is -0.143. The van der Waals surface area contributed by atoms with Crippen LogP contribution in [-0.4, -0.2) is 57.7 Å². The van der Waals surface area contributed by atoms with Crippen molar-refractivity contribution in [2.24, 2.45) is 0 Å². The van der Waals surface area contributed by atoms with E-state index in [1.807, 2.05) is 6.07 Å². The molecule has 0 spiro atoms. The number of benzene rings is 1. The molecule has 1 aliphatic heterocycles. The summed E-state index contributed by atoms with van der Waals surface area (Å²) in [5, 5.41) is 0. The summed E-state index contributed by atoms with van der Waals surface area (Å²) in [5.41, 5.74) is 1.74. The Kier molecular flexibility index (Phi) is 7.35. The Morgan fingerprint density at radius 2 is 1.85 bits per heavy atom. The van der Waals surface area contributed by atoms with Crippen LogP contribution in [0.5, 0.6) is 0 Å². The number of hydrogen-bond donors (Lipinski definition) is 0. The quantitative estimate of drug-likeness (QED) is 0.438. The average molecular weight is 464 g/mol. The van der Waals surface area contributed by atoms with Gasteiger partial charge >= 0.3 is 5.97 Å². The summed E-state index contributed by atoms with van der Waals surface area (Å²) in [4.78, 5) is 58.5. The zero-order valence-electron chi connectivity index (χ0n) is 19.4. The predicted molar refractivity (Wildman–Crippen MR) is 124 cm³/mol. The van der Waals surface area contributed by atoms with Crippen LogP contribution in [0.3, 0.4) is 0 Å². The van der Waals surface area contributed by atoms with E-state index in [1.165, 1.54) is 15.9 Å². The number of fused-ring (bicyclic) bond motifs is 1. The van der Waals surface area contributed by atoms with Gasteiger partial charge in [-0.25, -0.2) is 0 Å². The maximum Gasteiger partial charge on any atom is 0.307 e. The first kappa shape index (κ1) is 23.6. The van der Waals surface area contributed by atoms with Gasteiger partial charge in [0.1, 0.15) is 0 Å². The van der Waals surface area contributed by atoms with Crippen LogP contribution in [0.25, 0.3) is 0 Å². The van der Waals surface area contributed by atoms with E-state index in [0.717, 1.165) is 37.7 Å². The third-order valence-electron chi connectivity index (χ3n) is 6.38. The van der Waals surface area contributed by atoms with Gasteiger partial charge in [-0.2, -0.15) is 0 Å². The zero-order chi connectivity index (χ0) is 24.1. The molecule has 1 aliphatic carbocycles. The van der Waals surface area contributed by atoms with Gasteiger partial charge in [-0.05, 0) is 49.6 Å². The van der Waals surface area contributed by atoms with E-state index in [4.69, 9.17) is 4.74 Å². The summed E-state index contributed by atoms with van der Waals surface area (Å²) in [5.74, 6) is -1.32. The lowest BCUT2D eigenvalue weighted by Gasteiger charge is -2.29. The molecular formula is C26H29N3O5. The number of imide groups is 1. The number of carbonyl (C=O) groups is 4. The first-order chi connectivity index (χ1) is 16.5. The molecule has 8 heteroatoms. The molecule has 0 atom stereocenters. The van der Waals surface area contributed by atoms with Crippen LogP contribution in [-0.2, 0) is 16.1 Å². The lowest BCUT2D eigenvalue weighted by Crippen LogP contribution is -2.40. The number of nitrogens with zero attached hydrogens (tertiary/aromatic N) is 3. The van der Waals surface area contributed by atoms with Crippen molar-refractivity contribution in [3.63, 3.8) is 0 Å². The summed E-state index contributed by atoms with van der Waals surface area (Å²) in [6.07, 6.45) is 8.15. The summed E-state index contributed by atoms with van der Waals surface area (Å²) in [7, 11) is 0. The van der Waals surface area contributed by atoms with Crippen LogP contribution in [0.2, 0.25) is 0 Å². The Morgan fingerprint density at radius 3 is 2.56 bits per heavy atom. The van der Waals surface area contributed by atoms with Crippen molar-refractivity contribution in [2.75, 3.05) is 13.2 Å². The first-order valence-electron chi connectivity index (χ1n) is 11.8. The third-order valence-corrected chi connectivity index (χ3v) is 6.38. The molecule has 1 saturated carbocycles. The van der Waals surface area contributed by atoms with E-state index in [9.17, 15) is 19.2 Å². The normalized spacial score (nSPS) is 15.9. The molecular weight excluding hydrogens is 434 g/mol. The van der Waals surface area contributed by atoms with Crippen molar-refractivity contribution in [3.05, 3.63) is 65.0 Å². The zero-order valence-corrected chi connectivity index (χ0v) is 19.4. The van der Waals surface area contributed by atoms with Crippen LogP contribution in [0, 0.1) is 0 Å². The van der Waals surface area contributed by atoms with E-state index >= 15 is 0 Å². The van der Waals surface area contributed by atoms with Crippen LogP contribution < -0.4 is 0 Å². The molecule has 0 bridgehead atoms. The summed E-state index contributed by atoms with van der Waals surface area (Å²) >= 11 is 0. The average Bonchev–Trinajstić information content (AvgIpc) is 3.11. The van der Waals surface area contributed by atoms with Crippen LogP contribution in [0.4, 0.5) is 0 Å². The fourth-order valence-corrected chi connectivity index (χ4v) is 4.67. The Balaban J connectivity index is 1.56. The highest BCUT2D eigenvalue weighted by Crippen LogP contribution is 2.31. The highest BCUT2D eigenvalue weighted by molar-refractivity contribution is 6.22. The summed E-state index contributed by atoms with van der Waals surface area (Å²) in [6.45, 7) is 2.42. The first-order valence-corrected chi connectivity index (χ1v) is 11.8. The highest BCUT2D eigenvalue weighted by atomic mass is 16.5. The van der Waals surface area contributed by atoms with Crippen LogP contribution >= 0.6 is 0 Å². The van der Waals surface area contributed by atoms with E-state index in [-0.39, 0.29) is 61.4 Å². The molecule has 1 aromatic carbocycles. The smallest absolute Gasteiger partial charge is 0.307 e. The molecule has 4 rings (SSSR count). The fraction of sp³-hybridized carbons (Fsp3) is 0.423. The molecule has 34 heavy (non-hydrogen) atoms. The minimum absolute atomic E-state index is 0.0532. The highest BCUT2D eigenvalue weighted by Gasteiger charge is 2.40. The fourth-order valence-electron chi connectivity index (χ4n) is 4.67. The number of ether oxygens (including phenoxy) is 1. The molecule has 2 heterocycles. The molecule has 1 aromatic heterocycles. The van der Waals surface area contributed by atoms with Crippen molar-refractivity contribution >= 4 is 23.7 Å². The Hall–Kier alpha value is -3.55. The molecule has 1 fully saturated rings. The van der Waals surface area contributed by atoms with Crippen LogP contribution in [0.1, 0.15) is 82.1 Å². The number of esters is 1. The largest absolute Gasteiger partial charge is 0.466 e. The molecule has 2 aliphatic rings.